The van der Waals surface area contributed by atoms with Crippen molar-refractivity contribution in [3.63, 3.8) is 0 Å². The summed E-state index contributed by atoms with van der Waals surface area (Å²) in [4.78, 5) is 18.6. The highest BCUT2D eigenvalue weighted by molar-refractivity contribution is 5.94. The summed E-state index contributed by atoms with van der Waals surface area (Å²) in [5.41, 5.74) is 1.06. The van der Waals surface area contributed by atoms with Crippen molar-refractivity contribution in [2.75, 3.05) is 25.5 Å². The van der Waals surface area contributed by atoms with Crippen LogP contribution in [0.1, 0.15) is 44.0 Å². The minimum absolute atomic E-state index is 0.122. The molecule has 2 heterocycles. The lowest BCUT2D eigenvalue weighted by molar-refractivity contribution is 0.0608. The van der Waals surface area contributed by atoms with Crippen LogP contribution in [-0.2, 0) is 0 Å². The van der Waals surface area contributed by atoms with Crippen LogP contribution in [0.5, 0.6) is 0 Å². The van der Waals surface area contributed by atoms with Gasteiger partial charge in [-0.1, -0.05) is 20.8 Å². The molecule has 0 radical (unpaired) electrons. The van der Waals surface area contributed by atoms with Gasteiger partial charge in [0.2, 0.25) is 0 Å². The number of rotatable bonds is 2. The number of hydrogen-bond donors (Lipinski definition) is 1. The fourth-order valence-corrected chi connectivity index (χ4v) is 2.83. The molecule has 20 heavy (non-hydrogen) atoms. The lowest BCUT2D eigenvalue weighted by atomic mass is 9.75. The molecule has 4 heteroatoms. The maximum Gasteiger partial charge on any atom is 0.254 e. The molecule has 0 aliphatic carbocycles. The van der Waals surface area contributed by atoms with Crippen LogP contribution in [0.2, 0.25) is 0 Å². The molecule has 0 aromatic carbocycles. The summed E-state index contributed by atoms with van der Waals surface area (Å²) in [6, 6.07) is 3.61. The number of piperidine rings is 1. The fourth-order valence-electron chi connectivity index (χ4n) is 2.83. The van der Waals surface area contributed by atoms with E-state index in [0.29, 0.717) is 11.3 Å². The van der Waals surface area contributed by atoms with Gasteiger partial charge < -0.3 is 10.2 Å². The van der Waals surface area contributed by atoms with Crippen molar-refractivity contribution in [2.24, 2.45) is 11.3 Å². The quantitative estimate of drug-likeness (QED) is 0.902. The van der Waals surface area contributed by atoms with Crippen molar-refractivity contribution in [3.8, 4) is 0 Å². The Bertz CT molecular complexity index is 471. The number of likely N-dealkylation sites (tertiary alicyclic amines) is 1. The number of anilines is 1. The van der Waals surface area contributed by atoms with E-state index < -0.39 is 0 Å². The molecule has 1 amide bonds. The second-order valence-corrected chi connectivity index (χ2v) is 6.61. The lowest BCUT2D eigenvalue weighted by Crippen LogP contribution is -2.41. The van der Waals surface area contributed by atoms with Crippen molar-refractivity contribution in [2.45, 2.75) is 33.6 Å². The Morgan fingerprint density at radius 3 is 2.55 bits per heavy atom. The van der Waals surface area contributed by atoms with Gasteiger partial charge in [-0.3, -0.25) is 4.79 Å². The molecule has 0 atom stereocenters. The zero-order chi connectivity index (χ0) is 14.8. The summed E-state index contributed by atoms with van der Waals surface area (Å²) in [5, 5.41) is 2.97. The predicted octanol–water partition coefficient (Wildman–Crippen LogP) is 3.02. The van der Waals surface area contributed by atoms with Crippen LogP contribution in [-0.4, -0.2) is 35.9 Å². The SMILES string of the molecule is CNc1cc(C(=O)N2CCC(C(C)(C)C)CC2)ccn1. The summed E-state index contributed by atoms with van der Waals surface area (Å²) in [7, 11) is 1.81. The normalized spacial score (nSPS) is 17.1. The van der Waals surface area contributed by atoms with E-state index in [9.17, 15) is 4.79 Å². The van der Waals surface area contributed by atoms with E-state index in [-0.39, 0.29) is 5.91 Å². The largest absolute Gasteiger partial charge is 0.373 e. The first-order valence-corrected chi connectivity index (χ1v) is 7.35. The minimum atomic E-state index is 0.122. The number of carbonyl (C=O) groups excluding carboxylic acids is 1. The van der Waals surface area contributed by atoms with Crippen molar-refractivity contribution in [1.29, 1.82) is 0 Å². The first-order chi connectivity index (χ1) is 9.41. The molecule has 0 saturated carbocycles. The second-order valence-electron chi connectivity index (χ2n) is 6.61. The van der Waals surface area contributed by atoms with E-state index in [0.717, 1.165) is 37.3 Å². The number of hydrogen-bond acceptors (Lipinski definition) is 3. The maximum absolute atomic E-state index is 12.5. The smallest absolute Gasteiger partial charge is 0.254 e. The van der Waals surface area contributed by atoms with Crippen LogP contribution in [0, 0.1) is 11.3 Å². The molecule has 0 bridgehead atoms. The number of nitrogens with one attached hydrogen (secondary N) is 1. The monoisotopic (exact) mass is 275 g/mol. The van der Waals surface area contributed by atoms with Gasteiger partial charge in [0.15, 0.2) is 0 Å². The molecule has 1 N–H and O–H groups in total. The second kappa shape index (κ2) is 5.81. The molecule has 0 spiro atoms. The molecule has 1 saturated heterocycles. The van der Waals surface area contributed by atoms with Gasteiger partial charge in [0.1, 0.15) is 5.82 Å². The van der Waals surface area contributed by atoms with E-state index in [1.807, 2.05) is 18.0 Å². The third-order valence-corrected chi connectivity index (χ3v) is 4.27. The molecule has 2 rings (SSSR count). The Kier molecular flexibility index (Phi) is 4.31. The van der Waals surface area contributed by atoms with Gasteiger partial charge in [0.05, 0.1) is 0 Å². The Labute approximate surface area is 121 Å². The summed E-state index contributed by atoms with van der Waals surface area (Å²) in [6.07, 6.45) is 3.87. The van der Waals surface area contributed by atoms with Crippen LogP contribution >= 0.6 is 0 Å². The molecular weight excluding hydrogens is 250 g/mol. The van der Waals surface area contributed by atoms with Gasteiger partial charge in [-0.15, -0.1) is 0 Å². The summed E-state index contributed by atoms with van der Waals surface area (Å²) >= 11 is 0. The zero-order valence-corrected chi connectivity index (χ0v) is 12.9. The molecule has 1 aliphatic heterocycles. The summed E-state index contributed by atoms with van der Waals surface area (Å²) in [5.74, 6) is 1.56. The van der Waals surface area contributed by atoms with Gasteiger partial charge in [0, 0.05) is 31.9 Å². The van der Waals surface area contributed by atoms with E-state index >= 15 is 0 Å². The predicted molar refractivity (Wildman–Crippen MR) is 81.9 cm³/mol. The highest BCUT2D eigenvalue weighted by Gasteiger charge is 2.30. The first kappa shape index (κ1) is 14.8. The van der Waals surface area contributed by atoms with Gasteiger partial charge >= 0.3 is 0 Å². The fraction of sp³-hybridized carbons (Fsp3) is 0.625. The third kappa shape index (κ3) is 3.30. The number of aromatic nitrogens is 1. The van der Waals surface area contributed by atoms with Gasteiger partial charge in [-0.05, 0) is 36.3 Å². The van der Waals surface area contributed by atoms with Crippen LogP contribution in [0.15, 0.2) is 18.3 Å². The zero-order valence-electron chi connectivity index (χ0n) is 12.9. The molecule has 4 nitrogen and oxygen atoms in total. The third-order valence-electron chi connectivity index (χ3n) is 4.27. The van der Waals surface area contributed by atoms with E-state index in [2.05, 4.69) is 31.1 Å². The Morgan fingerprint density at radius 2 is 2.00 bits per heavy atom. The first-order valence-electron chi connectivity index (χ1n) is 7.35. The van der Waals surface area contributed by atoms with Crippen molar-refractivity contribution in [3.05, 3.63) is 23.9 Å². The average Bonchev–Trinajstić information content (AvgIpc) is 2.46. The molecule has 0 unspecified atom stereocenters. The maximum atomic E-state index is 12.5. The van der Waals surface area contributed by atoms with Crippen molar-refractivity contribution < 1.29 is 4.79 Å². The Balaban J connectivity index is 2.01. The lowest BCUT2D eigenvalue weighted by Gasteiger charge is -2.38. The highest BCUT2D eigenvalue weighted by atomic mass is 16.2. The summed E-state index contributed by atoms with van der Waals surface area (Å²) in [6.45, 7) is 8.58. The average molecular weight is 275 g/mol. The molecule has 1 aromatic heterocycles. The van der Waals surface area contributed by atoms with E-state index in [1.165, 1.54) is 0 Å². The number of nitrogens with zero attached hydrogens (tertiary/aromatic N) is 2. The molecule has 1 aliphatic rings. The molecule has 1 fully saturated rings. The number of pyridine rings is 1. The summed E-state index contributed by atoms with van der Waals surface area (Å²) < 4.78 is 0. The van der Waals surface area contributed by atoms with Gasteiger partial charge in [0.25, 0.3) is 5.91 Å². The highest BCUT2D eigenvalue weighted by Crippen LogP contribution is 2.34. The van der Waals surface area contributed by atoms with Crippen molar-refractivity contribution in [1.82, 2.24) is 9.88 Å². The number of amides is 1. The number of carbonyl (C=O) groups is 1. The Morgan fingerprint density at radius 1 is 1.35 bits per heavy atom. The van der Waals surface area contributed by atoms with Crippen LogP contribution in [0.25, 0.3) is 0 Å². The Hall–Kier alpha value is -1.58. The molecule has 1 aromatic rings. The van der Waals surface area contributed by atoms with E-state index in [4.69, 9.17) is 0 Å². The van der Waals surface area contributed by atoms with Crippen LogP contribution in [0.4, 0.5) is 5.82 Å². The van der Waals surface area contributed by atoms with Crippen LogP contribution in [0.3, 0.4) is 0 Å². The molecule has 110 valence electrons. The van der Waals surface area contributed by atoms with Crippen LogP contribution < -0.4 is 5.32 Å². The van der Waals surface area contributed by atoms with Gasteiger partial charge in [-0.25, -0.2) is 4.98 Å². The topological polar surface area (TPSA) is 45.2 Å². The van der Waals surface area contributed by atoms with Crippen molar-refractivity contribution >= 4 is 11.7 Å². The minimum Gasteiger partial charge on any atom is -0.373 e. The molecular formula is C16H25N3O. The standard InChI is InChI=1S/C16H25N3O/c1-16(2,3)13-6-9-19(10-7-13)15(20)12-5-8-18-14(11-12)17-4/h5,8,11,13H,6-7,9-10H2,1-4H3,(H,17,18). The van der Waals surface area contributed by atoms with Gasteiger partial charge in [-0.2, -0.15) is 0 Å². The van der Waals surface area contributed by atoms with E-state index in [1.54, 1.807) is 12.3 Å².